The van der Waals surface area contributed by atoms with Gasteiger partial charge in [-0.25, -0.2) is 13.4 Å². The first-order chi connectivity index (χ1) is 8.95. The lowest BCUT2D eigenvalue weighted by Gasteiger charge is -2.33. The Morgan fingerprint density at radius 1 is 1.37 bits per heavy atom. The molecule has 0 saturated heterocycles. The number of hydrogen-bond donors (Lipinski definition) is 1. The highest BCUT2D eigenvalue weighted by molar-refractivity contribution is 9.10. The van der Waals surface area contributed by atoms with Gasteiger partial charge in [0, 0.05) is 5.56 Å². The van der Waals surface area contributed by atoms with Crippen LogP contribution >= 0.6 is 27.3 Å². The molecule has 100 valence electrons. The van der Waals surface area contributed by atoms with E-state index in [0.717, 1.165) is 0 Å². The third-order valence-corrected chi connectivity index (χ3v) is 6.91. The molecule has 1 N–H and O–H groups in total. The van der Waals surface area contributed by atoms with Gasteiger partial charge in [-0.3, -0.25) is 0 Å². The van der Waals surface area contributed by atoms with Gasteiger partial charge in [0.25, 0.3) is 0 Å². The molecule has 0 aliphatic carbocycles. The predicted octanol–water partition coefficient (Wildman–Crippen LogP) is 2.32. The highest BCUT2D eigenvalue weighted by atomic mass is 79.9. The maximum absolute atomic E-state index is 12.1. The van der Waals surface area contributed by atoms with Gasteiger partial charge in [0.2, 0.25) is 0 Å². The number of rotatable bonds is 1. The van der Waals surface area contributed by atoms with Crippen LogP contribution in [0.1, 0.15) is 16.9 Å². The van der Waals surface area contributed by atoms with E-state index in [0.29, 0.717) is 15.0 Å². The van der Waals surface area contributed by atoms with Crippen molar-refractivity contribution in [1.82, 2.24) is 4.98 Å². The molecule has 3 rings (SSSR count). The van der Waals surface area contributed by atoms with Crippen molar-refractivity contribution in [3.63, 3.8) is 0 Å². The Labute approximate surface area is 123 Å². The second kappa shape index (κ2) is 4.37. The second-order valence-electron chi connectivity index (χ2n) is 4.40. The number of thiazole rings is 1. The van der Waals surface area contributed by atoms with Gasteiger partial charge < -0.3 is 5.11 Å². The zero-order valence-corrected chi connectivity index (χ0v) is 12.9. The van der Waals surface area contributed by atoms with Gasteiger partial charge in [0.15, 0.2) is 9.84 Å². The van der Waals surface area contributed by atoms with E-state index in [2.05, 4.69) is 20.9 Å². The maximum atomic E-state index is 12.1. The Bertz CT molecular complexity index is 741. The first-order valence-corrected chi connectivity index (χ1v) is 8.92. The zero-order valence-electron chi connectivity index (χ0n) is 9.71. The van der Waals surface area contributed by atoms with Crippen LogP contribution in [0.15, 0.2) is 39.3 Å². The highest BCUT2D eigenvalue weighted by Crippen LogP contribution is 2.45. The molecule has 0 bridgehead atoms. The minimum Gasteiger partial charge on any atom is -0.379 e. The molecular formula is C12H10BrNO3S2. The molecule has 4 nitrogen and oxygen atoms in total. The standard InChI is InChI=1S/C12H10BrNO3S2/c13-11-10(18-7-14-11)12(15)5-6-19(16,17)9-4-2-1-3-8(9)12/h1-4,7,15H,5-6H2. The molecule has 1 aromatic heterocycles. The van der Waals surface area contributed by atoms with Crippen LogP contribution in [-0.4, -0.2) is 24.3 Å². The third kappa shape index (κ3) is 1.96. The van der Waals surface area contributed by atoms with E-state index in [1.54, 1.807) is 29.8 Å². The summed E-state index contributed by atoms with van der Waals surface area (Å²) in [6.45, 7) is 0. The van der Waals surface area contributed by atoms with Gasteiger partial charge in [-0.05, 0) is 28.4 Å². The van der Waals surface area contributed by atoms with Crippen LogP contribution in [0.4, 0.5) is 0 Å². The fourth-order valence-electron chi connectivity index (χ4n) is 2.34. The Balaban J connectivity index is 2.29. The van der Waals surface area contributed by atoms with Crippen LogP contribution in [0.2, 0.25) is 0 Å². The van der Waals surface area contributed by atoms with Crippen molar-refractivity contribution in [3.8, 4) is 0 Å². The molecule has 0 amide bonds. The van der Waals surface area contributed by atoms with E-state index in [4.69, 9.17) is 0 Å². The van der Waals surface area contributed by atoms with Crippen molar-refractivity contribution in [1.29, 1.82) is 0 Å². The minimum absolute atomic E-state index is 0.0646. The number of aromatic nitrogens is 1. The van der Waals surface area contributed by atoms with Crippen molar-refractivity contribution in [2.45, 2.75) is 16.9 Å². The lowest BCUT2D eigenvalue weighted by atomic mass is 9.89. The molecule has 19 heavy (non-hydrogen) atoms. The van der Waals surface area contributed by atoms with E-state index in [-0.39, 0.29) is 17.1 Å². The maximum Gasteiger partial charge on any atom is 0.178 e. The topological polar surface area (TPSA) is 67.3 Å². The number of fused-ring (bicyclic) bond motifs is 1. The van der Waals surface area contributed by atoms with Crippen LogP contribution in [-0.2, 0) is 15.4 Å². The summed E-state index contributed by atoms with van der Waals surface area (Å²) < 4.78 is 24.7. The van der Waals surface area contributed by atoms with Gasteiger partial charge in [0.1, 0.15) is 10.2 Å². The number of nitrogens with zero attached hydrogens (tertiary/aromatic N) is 1. The average molecular weight is 360 g/mol. The van der Waals surface area contributed by atoms with Crippen LogP contribution in [0.5, 0.6) is 0 Å². The van der Waals surface area contributed by atoms with Gasteiger partial charge in [-0.15, -0.1) is 11.3 Å². The Kier molecular flexibility index (Phi) is 3.05. The summed E-state index contributed by atoms with van der Waals surface area (Å²) in [5.41, 5.74) is 0.775. The van der Waals surface area contributed by atoms with E-state index in [9.17, 15) is 13.5 Å². The normalized spacial score (nSPS) is 24.9. The van der Waals surface area contributed by atoms with Gasteiger partial charge >= 0.3 is 0 Å². The molecule has 0 fully saturated rings. The lowest BCUT2D eigenvalue weighted by molar-refractivity contribution is 0.0746. The molecule has 0 saturated carbocycles. The third-order valence-electron chi connectivity index (χ3n) is 3.30. The van der Waals surface area contributed by atoms with Crippen LogP contribution in [0.25, 0.3) is 0 Å². The molecule has 1 aliphatic heterocycles. The Hall–Kier alpha value is -0.760. The molecular weight excluding hydrogens is 350 g/mol. The first-order valence-electron chi connectivity index (χ1n) is 5.59. The number of hydrogen-bond acceptors (Lipinski definition) is 5. The molecule has 1 unspecified atom stereocenters. The molecule has 1 atom stereocenters. The smallest absolute Gasteiger partial charge is 0.178 e. The van der Waals surface area contributed by atoms with Gasteiger partial charge in [-0.1, -0.05) is 18.2 Å². The largest absolute Gasteiger partial charge is 0.379 e. The van der Waals surface area contributed by atoms with Gasteiger partial charge in [-0.2, -0.15) is 0 Å². The van der Waals surface area contributed by atoms with E-state index in [1.165, 1.54) is 11.3 Å². The molecule has 0 radical (unpaired) electrons. The highest BCUT2D eigenvalue weighted by Gasteiger charge is 2.43. The summed E-state index contributed by atoms with van der Waals surface area (Å²) in [6.07, 6.45) is 0.146. The van der Waals surface area contributed by atoms with E-state index < -0.39 is 15.4 Å². The molecule has 1 aliphatic rings. The lowest BCUT2D eigenvalue weighted by Crippen LogP contribution is -2.36. The van der Waals surface area contributed by atoms with Crippen molar-refractivity contribution in [2.75, 3.05) is 5.75 Å². The SMILES string of the molecule is O=S1(=O)CCC(O)(c2scnc2Br)c2ccccc21. The predicted molar refractivity (Wildman–Crippen MR) is 75.9 cm³/mol. The molecule has 1 aromatic carbocycles. The second-order valence-corrected chi connectivity index (χ2v) is 8.08. The van der Waals surface area contributed by atoms with E-state index in [1.807, 2.05) is 0 Å². The summed E-state index contributed by atoms with van der Waals surface area (Å²) in [7, 11) is -3.31. The van der Waals surface area contributed by atoms with Crippen LogP contribution in [0, 0.1) is 0 Å². The molecule has 2 heterocycles. The number of halogens is 1. The first kappa shape index (κ1) is 13.2. The quantitative estimate of drug-likeness (QED) is 0.848. The summed E-state index contributed by atoms with van der Waals surface area (Å²) in [4.78, 5) is 4.93. The number of benzene rings is 1. The fraction of sp³-hybridized carbons (Fsp3) is 0.250. The monoisotopic (exact) mass is 359 g/mol. The summed E-state index contributed by atoms with van der Waals surface area (Å²) in [5.74, 6) is -0.0646. The zero-order chi connectivity index (χ0) is 13.7. The van der Waals surface area contributed by atoms with Crippen molar-refractivity contribution in [3.05, 3.63) is 44.8 Å². The van der Waals surface area contributed by atoms with Crippen molar-refractivity contribution >= 4 is 37.1 Å². The Morgan fingerprint density at radius 2 is 2.11 bits per heavy atom. The van der Waals surface area contributed by atoms with Gasteiger partial charge in [0.05, 0.1) is 21.0 Å². The summed E-state index contributed by atoms with van der Waals surface area (Å²) in [6, 6.07) is 6.62. The molecule has 0 spiro atoms. The van der Waals surface area contributed by atoms with E-state index >= 15 is 0 Å². The fourth-order valence-corrected chi connectivity index (χ4v) is 5.65. The van der Waals surface area contributed by atoms with Crippen molar-refractivity contribution < 1.29 is 13.5 Å². The molecule has 7 heteroatoms. The van der Waals surface area contributed by atoms with Crippen molar-refractivity contribution in [2.24, 2.45) is 0 Å². The summed E-state index contributed by atoms with van der Waals surface area (Å²) >= 11 is 4.62. The number of aliphatic hydroxyl groups is 1. The molecule has 2 aromatic rings. The number of sulfone groups is 1. The average Bonchev–Trinajstić information content (AvgIpc) is 2.82. The van der Waals surface area contributed by atoms with Crippen LogP contribution < -0.4 is 0 Å². The Morgan fingerprint density at radius 3 is 2.79 bits per heavy atom. The van der Waals surface area contributed by atoms with Crippen LogP contribution in [0.3, 0.4) is 0 Å². The minimum atomic E-state index is -3.31. The summed E-state index contributed by atoms with van der Waals surface area (Å²) in [5, 5.41) is 11.0.